The molecule has 9 nitrogen and oxygen atoms in total. The lowest BCUT2D eigenvalue weighted by Gasteiger charge is -2.16. The number of nitrogens with zero attached hydrogens (tertiary/aromatic N) is 4. The average molecular weight is 432 g/mol. The Labute approximate surface area is 184 Å². The fourth-order valence-electron chi connectivity index (χ4n) is 3.90. The highest BCUT2D eigenvalue weighted by Crippen LogP contribution is 2.28. The van der Waals surface area contributed by atoms with E-state index >= 15 is 0 Å². The molecule has 1 amide bonds. The van der Waals surface area contributed by atoms with E-state index in [1.807, 2.05) is 42.5 Å². The van der Waals surface area contributed by atoms with Gasteiger partial charge in [-0.1, -0.05) is 0 Å². The summed E-state index contributed by atoms with van der Waals surface area (Å²) in [4.78, 5) is 22.1. The molecule has 1 saturated heterocycles. The molecule has 1 fully saturated rings. The molecule has 2 N–H and O–H groups in total. The smallest absolute Gasteiger partial charge is 0.242 e. The fourth-order valence-corrected chi connectivity index (χ4v) is 3.90. The molecule has 0 spiro atoms. The Morgan fingerprint density at radius 1 is 1.03 bits per heavy atom. The maximum absolute atomic E-state index is 12.5. The maximum atomic E-state index is 12.5. The highest BCUT2D eigenvalue weighted by Gasteiger charge is 2.23. The molecule has 0 unspecified atom stereocenters. The van der Waals surface area contributed by atoms with Crippen LogP contribution in [0.25, 0.3) is 27.9 Å². The van der Waals surface area contributed by atoms with Gasteiger partial charge >= 0.3 is 0 Å². The van der Waals surface area contributed by atoms with E-state index in [0.717, 1.165) is 41.5 Å². The Morgan fingerprint density at radius 3 is 2.59 bits per heavy atom. The van der Waals surface area contributed by atoms with Gasteiger partial charge in [-0.15, -0.1) is 5.10 Å². The first-order valence-corrected chi connectivity index (χ1v) is 10.6. The van der Waals surface area contributed by atoms with Crippen molar-refractivity contribution in [2.24, 2.45) is 0 Å². The van der Waals surface area contributed by atoms with Crippen LogP contribution in [0.15, 0.2) is 42.5 Å². The van der Waals surface area contributed by atoms with Gasteiger partial charge in [0.15, 0.2) is 11.5 Å². The number of benzene rings is 2. The first kappa shape index (κ1) is 20.0. The minimum atomic E-state index is -0.377. The summed E-state index contributed by atoms with van der Waals surface area (Å²) in [7, 11) is 3.25. The number of amides is 1. The van der Waals surface area contributed by atoms with Gasteiger partial charge in [0, 0.05) is 17.5 Å². The predicted molar refractivity (Wildman–Crippen MR) is 121 cm³/mol. The van der Waals surface area contributed by atoms with Gasteiger partial charge in [0.25, 0.3) is 0 Å². The molecule has 32 heavy (non-hydrogen) atoms. The number of ether oxygens (including phenoxy) is 2. The van der Waals surface area contributed by atoms with Gasteiger partial charge in [-0.25, -0.2) is 9.97 Å². The zero-order chi connectivity index (χ0) is 22.1. The zero-order valence-electron chi connectivity index (χ0n) is 18.0. The normalized spacial score (nSPS) is 16.6. The van der Waals surface area contributed by atoms with Gasteiger partial charge in [0.05, 0.1) is 19.7 Å². The van der Waals surface area contributed by atoms with Crippen molar-refractivity contribution < 1.29 is 14.3 Å². The molecule has 2 aromatic heterocycles. The number of carbonyl (C=O) groups excluding carboxylic acids is 1. The van der Waals surface area contributed by atoms with Crippen LogP contribution < -0.4 is 20.1 Å². The Hall–Kier alpha value is -3.88. The molecule has 0 saturated carbocycles. The van der Waals surface area contributed by atoms with Crippen LogP contribution in [0.5, 0.6) is 11.5 Å². The number of anilines is 1. The lowest BCUT2D eigenvalue weighted by molar-refractivity contribution is -0.121. The Balaban J connectivity index is 1.65. The van der Waals surface area contributed by atoms with E-state index in [9.17, 15) is 4.79 Å². The zero-order valence-corrected chi connectivity index (χ0v) is 18.0. The van der Waals surface area contributed by atoms with Gasteiger partial charge in [-0.3, -0.25) is 4.79 Å². The summed E-state index contributed by atoms with van der Waals surface area (Å²) in [6.07, 6.45) is 2.66. The van der Waals surface area contributed by atoms with E-state index in [0.29, 0.717) is 29.7 Å². The van der Waals surface area contributed by atoms with E-state index in [-0.39, 0.29) is 11.9 Å². The third-order valence-corrected chi connectivity index (χ3v) is 5.67. The van der Waals surface area contributed by atoms with Gasteiger partial charge in [0.2, 0.25) is 11.9 Å². The maximum Gasteiger partial charge on any atom is 0.242 e. The van der Waals surface area contributed by atoms with Crippen LogP contribution in [-0.2, 0) is 4.79 Å². The van der Waals surface area contributed by atoms with Crippen molar-refractivity contribution in [1.29, 1.82) is 0 Å². The summed E-state index contributed by atoms with van der Waals surface area (Å²) in [5, 5.41) is 11.8. The molecule has 3 heterocycles. The number of aromatic nitrogens is 4. The molecular formula is C23H24N6O3. The number of methoxy groups -OCH3 is 2. The van der Waals surface area contributed by atoms with Gasteiger partial charge in [-0.2, -0.15) is 4.52 Å². The second-order valence-corrected chi connectivity index (χ2v) is 7.70. The molecule has 0 bridgehead atoms. The lowest BCUT2D eigenvalue weighted by atomic mass is 10.1. The number of carbonyl (C=O) groups is 1. The summed E-state index contributed by atoms with van der Waals surface area (Å²) >= 11 is 0. The van der Waals surface area contributed by atoms with Gasteiger partial charge in [0.1, 0.15) is 17.5 Å². The van der Waals surface area contributed by atoms with Crippen molar-refractivity contribution in [3.63, 3.8) is 0 Å². The van der Waals surface area contributed by atoms with Crippen LogP contribution in [0.2, 0.25) is 0 Å². The van der Waals surface area contributed by atoms with Gasteiger partial charge < -0.3 is 20.1 Å². The van der Waals surface area contributed by atoms with E-state index < -0.39 is 0 Å². The molecule has 164 valence electrons. The van der Waals surface area contributed by atoms with E-state index in [4.69, 9.17) is 24.5 Å². The number of hydrogen-bond acceptors (Lipinski definition) is 7. The Morgan fingerprint density at radius 2 is 1.81 bits per heavy atom. The third-order valence-electron chi connectivity index (χ3n) is 5.67. The van der Waals surface area contributed by atoms with E-state index in [1.54, 1.807) is 18.7 Å². The van der Waals surface area contributed by atoms with E-state index in [1.165, 1.54) is 0 Å². The van der Waals surface area contributed by atoms with Crippen molar-refractivity contribution in [3.05, 3.63) is 42.5 Å². The van der Waals surface area contributed by atoms with Crippen LogP contribution in [-0.4, -0.2) is 52.3 Å². The van der Waals surface area contributed by atoms with Crippen LogP contribution in [0.4, 0.5) is 5.95 Å². The number of rotatable bonds is 5. The molecule has 9 heteroatoms. The molecular weight excluding hydrogens is 408 g/mol. The molecule has 1 aliphatic heterocycles. The minimum Gasteiger partial charge on any atom is -0.497 e. The van der Waals surface area contributed by atoms with E-state index in [2.05, 4.69) is 10.6 Å². The van der Waals surface area contributed by atoms with Crippen LogP contribution in [0.3, 0.4) is 0 Å². The molecule has 1 atom stereocenters. The second kappa shape index (κ2) is 8.33. The number of hydrogen-bond donors (Lipinski definition) is 2. The largest absolute Gasteiger partial charge is 0.497 e. The van der Waals surface area contributed by atoms with Crippen molar-refractivity contribution >= 4 is 28.4 Å². The monoisotopic (exact) mass is 432 g/mol. The minimum absolute atomic E-state index is 0.0252. The van der Waals surface area contributed by atoms with Crippen LogP contribution in [0, 0.1) is 0 Å². The van der Waals surface area contributed by atoms with Crippen molar-refractivity contribution in [1.82, 2.24) is 24.9 Å². The highest BCUT2D eigenvalue weighted by atomic mass is 16.5. The van der Waals surface area contributed by atoms with Crippen molar-refractivity contribution in [3.8, 4) is 22.9 Å². The Kier molecular flexibility index (Phi) is 5.22. The molecule has 4 aromatic rings. The third kappa shape index (κ3) is 3.66. The van der Waals surface area contributed by atoms with Crippen molar-refractivity contribution in [2.75, 3.05) is 26.1 Å². The molecule has 2 aromatic carbocycles. The first-order valence-electron chi connectivity index (χ1n) is 10.6. The second-order valence-electron chi connectivity index (χ2n) is 7.70. The van der Waals surface area contributed by atoms with Crippen molar-refractivity contribution in [2.45, 2.75) is 25.3 Å². The molecule has 1 aliphatic rings. The number of nitrogens with one attached hydrogen (secondary N) is 2. The number of fused-ring (bicyclic) bond motifs is 3. The molecule has 0 aliphatic carbocycles. The quantitative estimate of drug-likeness (QED) is 0.500. The lowest BCUT2D eigenvalue weighted by Crippen LogP contribution is -2.38. The van der Waals surface area contributed by atoms with Crippen LogP contribution >= 0.6 is 0 Å². The SMILES string of the molecule is COc1ccc(-c2nc3c4cc(OC)ccc4nc(N[C@@H]4CCCCNC4=O)n3n2)cc1. The summed E-state index contributed by atoms with van der Waals surface area (Å²) in [6, 6.07) is 12.8. The topological polar surface area (TPSA) is 103 Å². The standard InChI is InChI=1S/C23H24N6O3/c1-31-15-8-6-14(7-9-15)20-27-21-17-13-16(32-2)10-11-18(17)25-23(29(21)28-20)26-19-5-3-4-12-24-22(19)30/h6-11,13,19H,3-5,12H2,1-2H3,(H,24,30)(H,25,26)/t19-/m1/s1. The predicted octanol–water partition coefficient (Wildman–Crippen LogP) is 3.04. The highest BCUT2D eigenvalue weighted by molar-refractivity contribution is 5.94. The Bertz CT molecular complexity index is 1280. The average Bonchev–Trinajstić information content (AvgIpc) is 3.19. The summed E-state index contributed by atoms with van der Waals surface area (Å²) in [5.41, 5.74) is 2.23. The summed E-state index contributed by atoms with van der Waals surface area (Å²) in [5.74, 6) is 2.48. The van der Waals surface area contributed by atoms with Gasteiger partial charge in [-0.05, 0) is 61.7 Å². The van der Waals surface area contributed by atoms with Crippen LogP contribution in [0.1, 0.15) is 19.3 Å². The molecule has 0 radical (unpaired) electrons. The summed E-state index contributed by atoms with van der Waals surface area (Å²) in [6.45, 7) is 0.697. The summed E-state index contributed by atoms with van der Waals surface area (Å²) < 4.78 is 12.3. The first-order chi connectivity index (χ1) is 15.7. The fraction of sp³-hybridized carbons (Fsp3) is 0.304. The molecule has 5 rings (SSSR count).